The van der Waals surface area contributed by atoms with Gasteiger partial charge in [-0.3, -0.25) is 5.10 Å². The third kappa shape index (κ3) is 4.03. The van der Waals surface area contributed by atoms with Gasteiger partial charge in [-0.1, -0.05) is 29.8 Å². The molecular formula is C21H23ClN4O2S. The van der Waals surface area contributed by atoms with Crippen molar-refractivity contribution in [2.45, 2.75) is 18.7 Å². The molecule has 1 aliphatic rings. The number of H-pyrrole nitrogens is 1. The van der Waals surface area contributed by atoms with E-state index in [2.05, 4.69) is 15.1 Å². The molecule has 1 fully saturated rings. The highest BCUT2D eigenvalue weighted by Gasteiger charge is 2.30. The standard InChI is InChI=1S/C21H23ClN4O2S/c1-15-6-7-17(20-12-16(2)23-24-20)13-21(15)29(27,28)26-10-8-25(9-11-26)19-5-3-4-18(22)14-19/h3-7,12-14H,8-11H2,1-2H3,(H,23,24). The van der Waals surface area contributed by atoms with Crippen LogP contribution in [0.15, 0.2) is 53.4 Å². The zero-order valence-electron chi connectivity index (χ0n) is 16.4. The fraction of sp³-hybridized carbons (Fsp3) is 0.286. The Morgan fingerprint density at radius 1 is 1.00 bits per heavy atom. The van der Waals surface area contributed by atoms with Gasteiger partial charge >= 0.3 is 0 Å². The van der Waals surface area contributed by atoms with Gasteiger partial charge in [0.25, 0.3) is 0 Å². The van der Waals surface area contributed by atoms with Crippen LogP contribution in [-0.2, 0) is 10.0 Å². The first kappa shape index (κ1) is 19.9. The lowest BCUT2D eigenvalue weighted by atomic mass is 10.1. The van der Waals surface area contributed by atoms with Crippen LogP contribution >= 0.6 is 11.6 Å². The van der Waals surface area contributed by atoms with Gasteiger partial charge in [0.2, 0.25) is 10.0 Å². The highest BCUT2D eigenvalue weighted by Crippen LogP contribution is 2.28. The summed E-state index contributed by atoms with van der Waals surface area (Å²) in [5.74, 6) is 0. The van der Waals surface area contributed by atoms with E-state index in [9.17, 15) is 8.42 Å². The predicted octanol–water partition coefficient (Wildman–Crippen LogP) is 3.86. The molecule has 0 unspecified atom stereocenters. The number of rotatable bonds is 4. The molecule has 0 amide bonds. The number of nitrogens with one attached hydrogen (secondary N) is 1. The Morgan fingerprint density at radius 3 is 2.41 bits per heavy atom. The van der Waals surface area contributed by atoms with Gasteiger partial charge in [-0.05, 0) is 49.7 Å². The number of sulfonamides is 1. The maximum Gasteiger partial charge on any atom is 0.243 e. The van der Waals surface area contributed by atoms with Crippen molar-refractivity contribution in [3.05, 3.63) is 64.8 Å². The predicted molar refractivity (Wildman–Crippen MR) is 116 cm³/mol. The molecular weight excluding hydrogens is 408 g/mol. The van der Waals surface area contributed by atoms with Crippen LogP contribution in [0.25, 0.3) is 11.3 Å². The number of anilines is 1. The Balaban J connectivity index is 1.56. The van der Waals surface area contributed by atoms with Crippen molar-refractivity contribution in [2.24, 2.45) is 0 Å². The molecule has 152 valence electrons. The van der Waals surface area contributed by atoms with Crippen molar-refractivity contribution in [1.29, 1.82) is 0 Å². The van der Waals surface area contributed by atoms with E-state index in [-0.39, 0.29) is 0 Å². The normalized spacial score (nSPS) is 15.6. The van der Waals surface area contributed by atoms with E-state index in [1.807, 2.05) is 56.3 Å². The topological polar surface area (TPSA) is 69.3 Å². The van der Waals surface area contributed by atoms with Gasteiger partial charge in [-0.2, -0.15) is 9.40 Å². The van der Waals surface area contributed by atoms with Crippen LogP contribution < -0.4 is 4.90 Å². The second-order valence-electron chi connectivity index (χ2n) is 7.29. The lowest BCUT2D eigenvalue weighted by Crippen LogP contribution is -2.48. The summed E-state index contributed by atoms with van der Waals surface area (Å²) in [7, 11) is -3.59. The van der Waals surface area contributed by atoms with Gasteiger partial charge in [0.05, 0.1) is 10.6 Å². The third-order valence-electron chi connectivity index (χ3n) is 5.22. The average molecular weight is 431 g/mol. The van der Waals surface area contributed by atoms with Crippen molar-refractivity contribution < 1.29 is 8.42 Å². The molecule has 1 aliphatic heterocycles. The van der Waals surface area contributed by atoms with Crippen LogP contribution in [0, 0.1) is 13.8 Å². The molecule has 8 heteroatoms. The molecule has 1 aromatic heterocycles. The lowest BCUT2D eigenvalue weighted by Gasteiger charge is -2.35. The molecule has 4 rings (SSSR count). The van der Waals surface area contributed by atoms with E-state index in [1.165, 1.54) is 0 Å². The molecule has 0 saturated carbocycles. The Hall–Kier alpha value is -2.35. The van der Waals surface area contributed by atoms with Crippen LogP contribution in [0.4, 0.5) is 5.69 Å². The number of aromatic amines is 1. The molecule has 0 atom stereocenters. The molecule has 2 aromatic carbocycles. The largest absolute Gasteiger partial charge is 0.369 e. The summed E-state index contributed by atoms with van der Waals surface area (Å²) in [6.45, 7) is 5.85. The van der Waals surface area contributed by atoms with E-state index in [0.29, 0.717) is 36.1 Å². The molecule has 0 aliphatic carbocycles. The van der Waals surface area contributed by atoms with Crippen molar-refractivity contribution in [3.8, 4) is 11.3 Å². The average Bonchev–Trinajstić information content (AvgIpc) is 3.14. The Morgan fingerprint density at radius 2 is 1.76 bits per heavy atom. The Kier molecular flexibility index (Phi) is 5.38. The SMILES string of the molecule is Cc1cc(-c2ccc(C)c(S(=O)(=O)N3CCN(c4cccc(Cl)c4)CC3)c2)n[nH]1. The van der Waals surface area contributed by atoms with Gasteiger partial charge in [0.1, 0.15) is 0 Å². The second-order valence-corrected chi connectivity index (χ2v) is 9.63. The van der Waals surface area contributed by atoms with E-state index >= 15 is 0 Å². The summed E-state index contributed by atoms with van der Waals surface area (Å²) in [6.07, 6.45) is 0. The van der Waals surface area contributed by atoms with Crippen LogP contribution in [0.1, 0.15) is 11.3 Å². The molecule has 1 N–H and O–H groups in total. The lowest BCUT2D eigenvalue weighted by molar-refractivity contribution is 0.384. The summed E-state index contributed by atoms with van der Waals surface area (Å²) in [6, 6.07) is 15.0. The summed E-state index contributed by atoms with van der Waals surface area (Å²) in [5, 5.41) is 7.83. The maximum atomic E-state index is 13.4. The fourth-order valence-electron chi connectivity index (χ4n) is 3.60. The van der Waals surface area contributed by atoms with E-state index in [0.717, 1.165) is 28.2 Å². The number of hydrogen-bond donors (Lipinski definition) is 1. The van der Waals surface area contributed by atoms with Gasteiger partial charge < -0.3 is 4.90 Å². The molecule has 2 heterocycles. The monoisotopic (exact) mass is 430 g/mol. The van der Waals surface area contributed by atoms with Gasteiger partial charge in [0.15, 0.2) is 0 Å². The minimum absolute atomic E-state index is 0.340. The smallest absolute Gasteiger partial charge is 0.243 e. The molecule has 3 aromatic rings. The molecule has 0 radical (unpaired) electrons. The number of benzene rings is 2. The van der Waals surface area contributed by atoms with Crippen molar-refractivity contribution in [2.75, 3.05) is 31.1 Å². The van der Waals surface area contributed by atoms with E-state index in [4.69, 9.17) is 11.6 Å². The maximum absolute atomic E-state index is 13.4. The highest BCUT2D eigenvalue weighted by atomic mass is 35.5. The molecule has 6 nitrogen and oxygen atoms in total. The fourth-order valence-corrected chi connectivity index (χ4v) is 5.46. The third-order valence-corrected chi connectivity index (χ3v) is 7.50. The van der Waals surface area contributed by atoms with Crippen LogP contribution in [0.2, 0.25) is 5.02 Å². The molecule has 0 bridgehead atoms. The first-order valence-corrected chi connectivity index (χ1v) is 11.3. The molecule has 1 saturated heterocycles. The molecule has 0 spiro atoms. The van der Waals surface area contributed by atoms with Crippen LogP contribution in [0.5, 0.6) is 0 Å². The summed E-state index contributed by atoms with van der Waals surface area (Å²) in [4.78, 5) is 2.50. The number of aromatic nitrogens is 2. The van der Waals surface area contributed by atoms with Gasteiger partial charge in [-0.25, -0.2) is 8.42 Å². The first-order valence-electron chi connectivity index (χ1n) is 9.48. The number of halogens is 1. The van der Waals surface area contributed by atoms with E-state index in [1.54, 1.807) is 10.4 Å². The quantitative estimate of drug-likeness (QED) is 0.682. The summed E-state index contributed by atoms with van der Waals surface area (Å²) >= 11 is 6.09. The summed E-state index contributed by atoms with van der Waals surface area (Å²) < 4.78 is 28.3. The molecule has 29 heavy (non-hydrogen) atoms. The Bertz CT molecular complexity index is 1140. The minimum atomic E-state index is -3.59. The van der Waals surface area contributed by atoms with Crippen molar-refractivity contribution in [3.63, 3.8) is 0 Å². The first-order chi connectivity index (χ1) is 13.8. The summed E-state index contributed by atoms with van der Waals surface area (Å²) in [5.41, 5.74) is 4.21. The zero-order valence-corrected chi connectivity index (χ0v) is 18.0. The highest BCUT2D eigenvalue weighted by molar-refractivity contribution is 7.89. The van der Waals surface area contributed by atoms with Crippen LogP contribution in [0.3, 0.4) is 0 Å². The number of hydrogen-bond acceptors (Lipinski definition) is 4. The van der Waals surface area contributed by atoms with Crippen molar-refractivity contribution >= 4 is 27.3 Å². The number of piperazine rings is 1. The van der Waals surface area contributed by atoms with E-state index < -0.39 is 10.0 Å². The van der Waals surface area contributed by atoms with Gasteiger partial charge in [0, 0.05) is 48.1 Å². The Labute approximate surface area is 176 Å². The number of nitrogens with zero attached hydrogens (tertiary/aromatic N) is 3. The zero-order chi connectivity index (χ0) is 20.6. The minimum Gasteiger partial charge on any atom is -0.369 e. The second kappa shape index (κ2) is 7.82. The van der Waals surface area contributed by atoms with Gasteiger partial charge in [-0.15, -0.1) is 0 Å². The number of aryl methyl sites for hydroxylation is 2. The van der Waals surface area contributed by atoms with Crippen molar-refractivity contribution in [1.82, 2.24) is 14.5 Å². The van der Waals surface area contributed by atoms with Crippen LogP contribution in [-0.4, -0.2) is 49.1 Å².